The second-order valence-corrected chi connectivity index (χ2v) is 17.8. The minimum atomic E-state index is -2.04. The van der Waals surface area contributed by atoms with Gasteiger partial charge in [0, 0.05) is 0 Å². The van der Waals surface area contributed by atoms with E-state index in [1.807, 2.05) is 0 Å². The third-order valence-corrected chi connectivity index (χ3v) is 11.5. The van der Waals surface area contributed by atoms with Crippen LogP contribution in [0.1, 0.15) is 245 Å². The van der Waals surface area contributed by atoms with E-state index >= 15 is 0 Å². The van der Waals surface area contributed by atoms with Crippen LogP contribution in [0.2, 0.25) is 0 Å². The van der Waals surface area contributed by atoms with E-state index < -0.39 is 72.8 Å². The van der Waals surface area contributed by atoms with Crippen LogP contribution < -0.4 is 139 Å². The second-order valence-electron chi connectivity index (χ2n) is 17.8. The second kappa shape index (κ2) is 63.3. The summed E-state index contributed by atoms with van der Waals surface area (Å²) in [6.45, 7) is 3.31. The summed E-state index contributed by atoms with van der Waals surface area (Å²) in [5, 5.41) is 42.2. The molecular weight excluding hydrogens is 973 g/mol. The summed E-state index contributed by atoms with van der Waals surface area (Å²) < 4.78 is 19.2. The zero-order chi connectivity index (χ0) is 50.9. The van der Waals surface area contributed by atoms with Gasteiger partial charge in [-0.3, -0.25) is 19.2 Å². The molecule has 0 heterocycles. The van der Waals surface area contributed by atoms with Gasteiger partial charge in [-0.2, -0.15) is 0 Å². The first-order valence-corrected chi connectivity index (χ1v) is 26.2. The van der Waals surface area contributed by atoms with Crippen LogP contribution in [0.15, 0.2) is 0 Å². The van der Waals surface area contributed by atoms with Crippen LogP contribution >= 0.6 is 0 Å². The fourth-order valence-corrected chi connectivity index (χ4v) is 7.19. The maximum absolute atomic E-state index is 11.6. The van der Waals surface area contributed by atoms with Gasteiger partial charge in [0.05, 0.1) is 74.6 Å². The van der Waals surface area contributed by atoms with E-state index in [1.165, 1.54) is 167 Å². The van der Waals surface area contributed by atoms with Crippen molar-refractivity contribution >= 4 is 47.8 Å². The van der Waals surface area contributed by atoms with E-state index in [-0.39, 0.29) is 144 Å². The van der Waals surface area contributed by atoms with Gasteiger partial charge in [-0.1, -0.05) is 206 Å². The van der Waals surface area contributed by atoms with E-state index in [2.05, 4.69) is 23.3 Å². The van der Waals surface area contributed by atoms with E-state index in [1.54, 1.807) is 0 Å². The molecule has 16 nitrogen and oxygen atoms in total. The van der Waals surface area contributed by atoms with E-state index in [4.69, 9.17) is 9.47 Å². The van der Waals surface area contributed by atoms with Crippen LogP contribution in [0.4, 0.5) is 0 Å². The first kappa shape index (κ1) is 83.1. The van der Waals surface area contributed by atoms with Gasteiger partial charge in [0.15, 0.2) is 0 Å². The van der Waals surface area contributed by atoms with Crippen molar-refractivity contribution in [1.29, 1.82) is 0 Å². The minimum absolute atomic E-state index is 0. The summed E-state index contributed by atoms with van der Waals surface area (Å²) in [4.78, 5) is 88.4. The SMILES string of the molecule is CCCCCCCCCCCCCCCCCCOC(=O)CCC(=O)OCC(C(=O)[O-])C(=O)[O-].CCCCCCCCCCCCCCCCCCOC(=O)CCC(=O)OCC(C(=O)[O-])C(=O)[O-].[Na+].[Na+].[Na+].[Na+]. The molecule has 0 aromatic rings. The number of aliphatic carboxylic acids is 4. The maximum Gasteiger partial charge on any atom is 1.00 e. The molecule has 72 heavy (non-hydrogen) atoms. The minimum Gasteiger partial charge on any atom is -0.549 e. The number of ether oxygens (including phenoxy) is 4. The molecule has 0 rings (SSSR count). The zero-order valence-electron chi connectivity index (χ0n) is 46.0. The Balaban J connectivity index is -0.000000287. The predicted molar refractivity (Wildman–Crippen MR) is 248 cm³/mol. The molecule has 0 radical (unpaired) electrons. The molecular formula is C52H88Na4O16. The van der Waals surface area contributed by atoms with Crippen molar-refractivity contribution in [3.8, 4) is 0 Å². The zero-order valence-corrected chi connectivity index (χ0v) is 54.0. The van der Waals surface area contributed by atoms with Crippen molar-refractivity contribution < 1.29 is 196 Å². The molecule has 0 aliphatic rings. The van der Waals surface area contributed by atoms with Crippen molar-refractivity contribution in [2.75, 3.05) is 26.4 Å². The molecule has 0 N–H and O–H groups in total. The van der Waals surface area contributed by atoms with E-state index in [9.17, 15) is 58.8 Å². The topological polar surface area (TPSA) is 266 Å². The summed E-state index contributed by atoms with van der Waals surface area (Å²) in [7, 11) is 0. The third-order valence-electron chi connectivity index (χ3n) is 11.5. The van der Waals surface area contributed by atoms with Gasteiger partial charge >= 0.3 is 142 Å². The van der Waals surface area contributed by atoms with E-state index in [0.29, 0.717) is 13.2 Å². The summed E-state index contributed by atoms with van der Waals surface area (Å²) in [6, 6.07) is 0. The Morgan fingerprint density at radius 2 is 0.444 bits per heavy atom. The van der Waals surface area contributed by atoms with Crippen LogP contribution in [0, 0.1) is 11.8 Å². The number of hydrogen-bond acceptors (Lipinski definition) is 16. The molecule has 0 saturated carbocycles. The fraction of sp³-hybridized carbons (Fsp3) is 0.846. The average molecular weight is 1060 g/mol. The first-order chi connectivity index (χ1) is 32.8. The Hall–Kier alpha value is -0.240. The number of carboxylic acid groups (broad SMARTS) is 4. The van der Waals surface area contributed by atoms with Crippen LogP contribution in [-0.2, 0) is 57.3 Å². The Morgan fingerprint density at radius 3 is 0.625 bits per heavy atom. The normalized spacial score (nSPS) is 10.3. The number of esters is 4. The number of rotatable bonds is 48. The van der Waals surface area contributed by atoms with Crippen LogP contribution in [-0.4, -0.2) is 74.2 Å². The Kier molecular flexibility index (Phi) is 73.0. The van der Waals surface area contributed by atoms with Gasteiger partial charge in [0.25, 0.3) is 0 Å². The van der Waals surface area contributed by atoms with Crippen molar-refractivity contribution in [2.45, 2.75) is 245 Å². The summed E-state index contributed by atoms with van der Waals surface area (Å²) in [5.74, 6) is -14.5. The van der Waals surface area contributed by atoms with Gasteiger partial charge in [0.1, 0.15) is 13.2 Å². The molecule has 0 bridgehead atoms. The van der Waals surface area contributed by atoms with Gasteiger partial charge in [-0.15, -0.1) is 0 Å². The molecule has 396 valence electrons. The molecule has 0 atom stereocenters. The van der Waals surface area contributed by atoms with Crippen molar-refractivity contribution in [3.05, 3.63) is 0 Å². The van der Waals surface area contributed by atoms with Crippen molar-refractivity contribution in [1.82, 2.24) is 0 Å². The summed E-state index contributed by atoms with van der Waals surface area (Å²) >= 11 is 0. The Morgan fingerprint density at radius 1 is 0.278 bits per heavy atom. The fourth-order valence-electron chi connectivity index (χ4n) is 7.19. The summed E-state index contributed by atoms with van der Waals surface area (Å²) in [5.41, 5.74) is 0. The maximum atomic E-state index is 11.6. The molecule has 0 spiro atoms. The quantitative estimate of drug-likeness (QED) is 0.0181. The predicted octanol–water partition coefficient (Wildman–Crippen LogP) is -5.52. The molecule has 0 aliphatic carbocycles. The Bertz CT molecular complexity index is 1210. The number of carbonyl (C=O) groups excluding carboxylic acids is 8. The van der Waals surface area contributed by atoms with Crippen molar-refractivity contribution in [2.24, 2.45) is 11.8 Å². The number of carbonyl (C=O) groups is 8. The number of hydrogen-bond donors (Lipinski definition) is 0. The number of unbranched alkanes of at least 4 members (excludes halogenated alkanes) is 30. The largest absolute Gasteiger partial charge is 1.00 e. The van der Waals surface area contributed by atoms with Gasteiger partial charge in [-0.25, -0.2) is 0 Å². The monoisotopic (exact) mass is 1060 g/mol. The smallest absolute Gasteiger partial charge is 0.549 e. The summed E-state index contributed by atoms with van der Waals surface area (Å²) in [6.07, 6.45) is 39.4. The molecule has 0 aromatic heterocycles. The molecule has 0 saturated heterocycles. The molecule has 0 unspecified atom stereocenters. The average Bonchev–Trinajstić information content (AvgIpc) is 3.29. The van der Waals surface area contributed by atoms with Crippen molar-refractivity contribution in [3.63, 3.8) is 0 Å². The van der Waals surface area contributed by atoms with Gasteiger partial charge in [-0.05, 0) is 12.8 Å². The Labute approximate surface area is 521 Å². The van der Waals surface area contributed by atoms with Gasteiger partial charge < -0.3 is 58.6 Å². The standard InChI is InChI=1S/2C26H46O8.4Na/c2*1-2-3-4-5-6-7-8-9-10-11-12-13-14-15-16-17-20-33-23(27)18-19-24(28)34-21-22(25(29)30)26(31)32;;;;/h2*22H,2-21H2,1H3,(H,29,30)(H,31,32);;;;/q;;4*+1/p-4. The van der Waals surface area contributed by atoms with Gasteiger partial charge in [0.2, 0.25) is 0 Å². The molecule has 20 heteroatoms. The number of carboxylic acids is 4. The third kappa shape index (κ3) is 60.6. The molecule has 0 fully saturated rings. The van der Waals surface area contributed by atoms with Crippen LogP contribution in [0.3, 0.4) is 0 Å². The van der Waals surface area contributed by atoms with Crippen LogP contribution in [0.25, 0.3) is 0 Å². The first-order valence-electron chi connectivity index (χ1n) is 26.2. The molecule has 0 aromatic carbocycles. The van der Waals surface area contributed by atoms with Crippen LogP contribution in [0.5, 0.6) is 0 Å². The molecule has 0 amide bonds. The molecule has 0 aliphatic heterocycles. The van der Waals surface area contributed by atoms with E-state index in [0.717, 1.165) is 38.5 Å².